The number of hydrogen-bond donors (Lipinski definition) is 1. The summed E-state index contributed by atoms with van der Waals surface area (Å²) >= 11 is 0. The molecule has 1 amide bonds. The average Bonchev–Trinajstić information content (AvgIpc) is 2.71. The van der Waals surface area contributed by atoms with Crippen molar-refractivity contribution in [3.05, 3.63) is 35.4 Å². The van der Waals surface area contributed by atoms with Gasteiger partial charge in [0.1, 0.15) is 0 Å². The van der Waals surface area contributed by atoms with Crippen LogP contribution in [0.2, 0.25) is 0 Å². The van der Waals surface area contributed by atoms with Gasteiger partial charge in [-0.2, -0.15) is 13.2 Å². The van der Waals surface area contributed by atoms with Crippen molar-refractivity contribution in [1.82, 2.24) is 10.2 Å². The topological polar surface area (TPSA) is 32.3 Å². The highest BCUT2D eigenvalue weighted by molar-refractivity contribution is 5.81. The van der Waals surface area contributed by atoms with E-state index in [0.717, 1.165) is 38.3 Å². The van der Waals surface area contributed by atoms with Crippen molar-refractivity contribution in [1.29, 1.82) is 0 Å². The lowest BCUT2D eigenvalue weighted by atomic mass is 10.0. The number of alkyl halides is 3. The third kappa shape index (κ3) is 4.96. The van der Waals surface area contributed by atoms with E-state index >= 15 is 0 Å². The molecule has 2 rings (SSSR count). The second-order valence-corrected chi connectivity index (χ2v) is 6.04. The first-order chi connectivity index (χ1) is 10.9. The third-order valence-corrected chi connectivity index (χ3v) is 4.34. The van der Waals surface area contributed by atoms with Crippen molar-refractivity contribution in [2.45, 2.75) is 44.3 Å². The van der Waals surface area contributed by atoms with Crippen molar-refractivity contribution in [2.75, 3.05) is 20.1 Å². The molecular formula is C17H23F3N2O. The number of hydrogen-bond acceptors (Lipinski definition) is 2. The molecule has 1 fully saturated rings. The maximum Gasteiger partial charge on any atom is 0.416 e. The van der Waals surface area contributed by atoms with Crippen molar-refractivity contribution >= 4 is 5.91 Å². The van der Waals surface area contributed by atoms with Crippen molar-refractivity contribution in [3.63, 3.8) is 0 Å². The van der Waals surface area contributed by atoms with Gasteiger partial charge in [-0.1, -0.05) is 31.0 Å². The van der Waals surface area contributed by atoms with Crippen LogP contribution in [0, 0.1) is 0 Å². The van der Waals surface area contributed by atoms with Crippen LogP contribution in [0.4, 0.5) is 13.2 Å². The molecule has 1 aromatic rings. The predicted octanol–water partition coefficient (Wildman–Crippen LogP) is 3.24. The van der Waals surface area contributed by atoms with Gasteiger partial charge in [-0.05, 0) is 44.5 Å². The van der Waals surface area contributed by atoms with Gasteiger partial charge in [-0.25, -0.2) is 0 Å². The van der Waals surface area contributed by atoms with Crippen LogP contribution in [0.5, 0.6) is 0 Å². The monoisotopic (exact) mass is 328 g/mol. The van der Waals surface area contributed by atoms with Gasteiger partial charge in [-0.15, -0.1) is 0 Å². The van der Waals surface area contributed by atoms with E-state index in [4.69, 9.17) is 0 Å². The standard InChI is InChI=1S/C17H23F3N2O/c1-22-12-6-2-3-9-15(22)16(23)21-11-10-13-7-4-5-8-14(13)17(18,19)20/h4-5,7-8,15H,2-3,6,9-12H2,1H3,(H,21,23)/t15-/m1/s1. The van der Waals surface area contributed by atoms with Crippen LogP contribution in [-0.2, 0) is 17.4 Å². The number of halogens is 3. The molecule has 0 saturated carbocycles. The van der Waals surface area contributed by atoms with E-state index in [0.29, 0.717) is 0 Å². The van der Waals surface area contributed by atoms with Crippen molar-refractivity contribution < 1.29 is 18.0 Å². The summed E-state index contributed by atoms with van der Waals surface area (Å²) in [6.45, 7) is 1.10. The van der Waals surface area contributed by atoms with Gasteiger partial charge in [0.15, 0.2) is 0 Å². The SMILES string of the molecule is CN1CCCCC[C@@H]1C(=O)NCCc1ccccc1C(F)(F)F. The average molecular weight is 328 g/mol. The second kappa shape index (κ2) is 7.81. The molecule has 128 valence electrons. The second-order valence-electron chi connectivity index (χ2n) is 6.04. The molecule has 1 atom stereocenters. The van der Waals surface area contributed by atoms with Crippen LogP contribution in [0.3, 0.4) is 0 Å². The molecule has 1 saturated heterocycles. The normalized spacial score (nSPS) is 20.1. The Morgan fingerprint density at radius 1 is 1.26 bits per heavy atom. The minimum absolute atomic E-state index is 0.0844. The molecule has 1 heterocycles. The highest BCUT2D eigenvalue weighted by atomic mass is 19.4. The molecule has 1 aromatic carbocycles. The Morgan fingerprint density at radius 2 is 2.00 bits per heavy atom. The fraction of sp³-hybridized carbons (Fsp3) is 0.588. The fourth-order valence-electron chi connectivity index (χ4n) is 3.04. The zero-order valence-electron chi connectivity index (χ0n) is 13.3. The van der Waals surface area contributed by atoms with Gasteiger partial charge in [0.05, 0.1) is 11.6 Å². The molecule has 23 heavy (non-hydrogen) atoms. The summed E-state index contributed by atoms with van der Waals surface area (Å²) in [6.07, 6.45) is -0.160. The molecule has 0 bridgehead atoms. The molecule has 3 nitrogen and oxygen atoms in total. The first-order valence-corrected chi connectivity index (χ1v) is 8.02. The summed E-state index contributed by atoms with van der Waals surface area (Å²) in [6, 6.07) is 5.34. The zero-order valence-corrected chi connectivity index (χ0v) is 13.3. The molecule has 0 unspecified atom stereocenters. The quantitative estimate of drug-likeness (QED) is 0.920. The smallest absolute Gasteiger partial charge is 0.354 e. The van der Waals surface area contributed by atoms with Crippen LogP contribution in [0.15, 0.2) is 24.3 Å². The molecule has 0 aliphatic carbocycles. The van der Waals surface area contributed by atoms with Gasteiger partial charge in [0.2, 0.25) is 5.91 Å². The number of likely N-dealkylation sites (tertiary alicyclic amines) is 1. The van der Waals surface area contributed by atoms with Crippen molar-refractivity contribution in [2.24, 2.45) is 0 Å². The molecule has 1 aliphatic heterocycles. The number of nitrogens with zero attached hydrogens (tertiary/aromatic N) is 1. The lowest BCUT2D eigenvalue weighted by molar-refractivity contribution is -0.138. The highest BCUT2D eigenvalue weighted by Gasteiger charge is 2.32. The van der Waals surface area contributed by atoms with E-state index in [1.54, 1.807) is 6.07 Å². The lowest BCUT2D eigenvalue weighted by Crippen LogP contribution is -2.45. The summed E-state index contributed by atoms with van der Waals surface area (Å²) in [5.41, 5.74) is -0.407. The zero-order chi connectivity index (χ0) is 16.9. The van der Waals surface area contributed by atoms with E-state index in [1.807, 2.05) is 11.9 Å². The minimum Gasteiger partial charge on any atom is -0.354 e. The highest BCUT2D eigenvalue weighted by Crippen LogP contribution is 2.31. The number of likely N-dealkylation sites (N-methyl/N-ethyl adjacent to an activating group) is 1. The summed E-state index contributed by atoms with van der Waals surface area (Å²) in [4.78, 5) is 14.3. The van der Waals surface area contributed by atoms with E-state index in [-0.39, 0.29) is 30.5 Å². The Balaban J connectivity index is 1.91. The Labute approximate surface area is 134 Å². The molecule has 0 spiro atoms. The van der Waals surface area contributed by atoms with Gasteiger partial charge in [0.25, 0.3) is 0 Å². The summed E-state index contributed by atoms with van der Waals surface area (Å²) in [5.74, 6) is -0.0844. The minimum atomic E-state index is -4.36. The molecular weight excluding hydrogens is 305 g/mol. The molecule has 6 heteroatoms. The molecule has 0 aromatic heterocycles. The largest absolute Gasteiger partial charge is 0.416 e. The van der Waals surface area contributed by atoms with Crippen LogP contribution >= 0.6 is 0 Å². The molecule has 0 radical (unpaired) electrons. The Bertz CT molecular complexity index is 531. The summed E-state index contributed by atoms with van der Waals surface area (Å²) in [5, 5.41) is 2.79. The van der Waals surface area contributed by atoms with Crippen LogP contribution in [-0.4, -0.2) is 37.0 Å². The van der Waals surface area contributed by atoms with Gasteiger partial charge < -0.3 is 5.32 Å². The Hall–Kier alpha value is -1.56. The maximum atomic E-state index is 12.9. The van der Waals surface area contributed by atoms with E-state index in [1.165, 1.54) is 12.1 Å². The summed E-state index contributed by atoms with van der Waals surface area (Å²) in [7, 11) is 1.93. The van der Waals surface area contributed by atoms with Crippen LogP contribution in [0.25, 0.3) is 0 Å². The predicted molar refractivity (Wildman–Crippen MR) is 83.0 cm³/mol. The Kier molecular flexibility index (Phi) is 6.04. The van der Waals surface area contributed by atoms with E-state index in [2.05, 4.69) is 5.32 Å². The number of carbonyl (C=O) groups is 1. The first kappa shape index (κ1) is 17.8. The van der Waals surface area contributed by atoms with Crippen LogP contribution < -0.4 is 5.32 Å². The fourth-order valence-corrected chi connectivity index (χ4v) is 3.04. The number of carbonyl (C=O) groups excluding carboxylic acids is 1. The molecule has 1 N–H and O–H groups in total. The van der Waals surface area contributed by atoms with Crippen LogP contribution in [0.1, 0.15) is 36.8 Å². The van der Waals surface area contributed by atoms with Gasteiger partial charge in [0, 0.05) is 6.54 Å². The number of nitrogens with one attached hydrogen (secondary N) is 1. The van der Waals surface area contributed by atoms with E-state index < -0.39 is 11.7 Å². The number of rotatable bonds is 4. The summed E-state index contributed by atoms with van der Waals surface area (Å²) < 4.78 is 38.8. The third-order valence-electron chi connectivity index (χ3n) is 4.34. The van der Waals surface area contributed by atoms with E-state index in [9.17, 15) is 18.0 Å². The number of benzene rings is 1. The van der Waals surface area contributed by atoms with Crippen molar-refractivity contribution in [3.8, 4) is 0 Å². The number of amides is 1. The van der Waals surface area contributed by atoms with Gasteiger partial charge >= 0.3 is 6.18 Å². The lowest BCUT2D eigenvalue weighted by Gasteiger charge is -2.24. The molecule has 1 aliphatic rings. The first-order valence-electron chi connectivity index (χ1n) is 8.02. The van der Waals surface area contributed by atoms with Gasteiger partial charge in [-0.3, -0.25) is 9.69 Å². The Morgan fingerprint density at radius 3 is 2.74 bits per heavy atom. The maximum absolute atomic E-state index is 12.9.